The van der Waals surface area contributed by atoms with Gasteiger partial charge in [-0.2, -0.15) is 4.39 Å². The van der Waals surface area contributed by atoms with E-state index in [1.54, 1.807) is 18.2 Å². The van der Waals surface area contributed by atoms with Crippen molar-refractivity contribution in [1.29, 1.82) is 0 Å². The third kappa shape index (κ3) is 2.93. The first-order chi connectivity index (χ1) is 9.11. The first-order valence-corrected chi connectivity index (χ1v) is 5.61. The number of hydrogen-bond acceptors (Lipinski definition) is 3. The fourth-order valence-corrected chi connectivity index (χ4v) is 1.66. The molecule has 0 heterocycles. The number of nitrogens with two attached hydrogens (primary N) is 1. The first kappa shape index (κ1) is 13.1. The van der Waals surface area contributed by atoms with Crippen LogP contribution in [0, 0.1) is 11.6 Å². The van der Waals surface area contributed by atoms with Crippen LogP contribution >= 0.6 is 0 Å². The molecule has 0 radical (unpaired) electrons. The predicted octanol–water partition coefficient (Wildman–Crippen LogP) is 3.13. The topological polar surface area (TPSA) is 44.5 Å². The van der Waals surface area contributed by atoms with Crippen molar-refractivity contribution in [3.63, 3.8) is 0 Å². The lowest BCUT2D eigenvalue weighted by Crippen LogP contribution is -2.02. The quantitative estimate of drug-likeness (QED) is 0.864. The third-order valence-electron chi connectivity index (χ3n) is 2.60. The van der Waals surface area contributed by atoms with Crippen molar-refractivity contribution < 1.29 is 18.3 Å². The van der Waals surface area contributed by atoms with Gasteiger partial charge in [-0.1, -0.05) is 6.07 Å². The summed E-state index contributed by atoms with van der Waals surface area (Å²) in [7, 11) is 1.51. The van der Waals surface area contributed by atoms with Crippen LogP contribution in [0.4, 0.5) is 14.5 Å². The summed E-state index contributed by atoms with van der Waals surface area (Å²) < 4.78 is 36.8. The molecule has 5 heteroatoms. The Balaban J connectivity index is 2.18. The van der Waals surface area contributed by atoms with Crippen LogP contribution in [-0.4, -0.2) is 7.11 Å². The van der Waals surface area contributed by atoms with Crippen molar-refractivity contribution in [2.75, 3.05) is 12.8 Å². The number of rotatable bonds is 4. The summed E-state index contributed by atoms with van der Waals surface area (Å²) in [5.74, 6) is -1.53. The van der Waals surface area contributed by atoms with Crippen LogP contribution in [0.2, 0.25) is 0 Å². The summed E-state index contributed by atoms with van der Waals surface area (Å²) in [6.45, 7) is 0.0363. The van der Waals surface area contributed by atoms with E-state index < -0.39 is 11.6 Å². The monoisotopic (exact) mass is 265 g/mol. The van der Waals surface area contributed by atoms with Gasteiger partial charge in [-0.3, -0.25) is 0 Å². The number of anilines is 1. The molecule has 3 nitrogen and oxygen atoms in total. The maximum Gasteiger partial charge on any atom is 0.200 e. The Hall–Kier alpha value is -2.30. The molecule has 2 aromatic carbocycles. The van der Waals surface area contributed by atoms with Crippen LogP contribution in [-0.2, 0) is 6.61 Å². The molecule has 2 aromatic rings. The summed E-state index contributed by atoms with van der Waals surface area (Å²) in [4.78, 5) is 0. The van der Waals surface area contributed by atoms with E-state index in [1.807, 2.05) is 0 Å². The summed E-state index contributed by atoms with van der Waals surface area (Å²) in [6.07, 6.45) is 0. The first-order valence-electron chi connectivity index (χ1n) is 5.61. The molecule has 0 fully saturated rings. The van der Waals surface area contributed by atoms with Gasteiger partial charge in [-0.25, -0.2) is 4.39 Å². The number of methoxy groups -OCH3 is 1. The Morgan fingerprint density at radius 2 is 1.89 bits per heavy atom. The average Bonchev–Trinajstić information content (AvgIpc) is 2.40. The lowest BCUT2D eigenvalue weighted by Gasteiger charge is -2.11. The van der Waals surface area contributed by atoms with E-state index in [0.29, 0.717) is 17.0 Å². The van der Waals surface area contributed by atoms with E-state index in [-0.39, 0.29) is 12.4 Å². The molecule has 0 aliphatic heterocycles. The third-order valence-corrected chi connectivity index (χ3v) is 2.60. The standard InChI is InChI=1S/C14H13F2NO2/c1-18-12-6-5-10(17)7-9(12)8-19-13-4-2-3-11(15)14(13)16/h2-7H,8,17H2,1H3. The van der Waals surface area contributed by atoms with Gasteiger partial charge >= 0.3 is 0 Å². The molecule has 0 saturated heterocycles. The van der Waals surface area contributed by atoms with Crippen LogP contribution in [0.1, 0.15) is 5.56 Å². The molecule has 19 heavy (non-hydrogen) atoms. The van der Waals surface area contributed by atoms with Gasteiger partial charge in [-0.05, 0) is 30.3 Å². The van der Waals surface area contributed by atoms with E-state index in [9.17, 15) is 8.78 Å². The van der Waals surface area contributed by atoms with Crippen molar-refractivity contribution >= 4 is 5.69 Å². The minimum absolute atomic E-state index is 0.0363. The SMILES string of the molecule is COc1ccc(N)cc1COc1cccc(F)c1F. The second kappa shape index (κ2) is 5.56. The second-order valence-corrected chi connectivity index (χ2v) is 3.91. The van der Waals surface area contributed by atoms with Gasteiger partial charge in [0.25, 0.3) is 0 Å². The highest BCUT2D eigenvalue weighted by molar-refractivity contribution is 5.47. The Morgan fingerprint density at radius 3 is 2.63 bits per heavy atom. The Bertz CT molecular complexity index is 588. The molecule has 0 atom stereocenters. The summed E-state index contributed by atoms with van der Waals surface area (Å²) in [6, 6.07) is 8.81. The molecule has 0 aromatic heterocycles. The second-order valence-electron chi connectivity index (χ2n) is 3.91. The van der Waals surface area contributed by atoms with Gasteiger partial charge in [0.2, 0.25) is 5.82 Å². The minimum atomic E-state index is -1.01. The maximum atomic E-state index is 13.4. The fraction of sp³-hybridized carbons (Fsp3) is 0.143. The molecule has 0 spiro atoms. The Morgan fingerprint density at radius 1 is 1.11 bits per heavy atom. The molecule has 0 saturated carbocycles. The maximum absolute atomic E-state index is 13.4. The average molecular weight is 265 g/mol. The van der Waals surface area contributed by atoms with Gasteiger partial charge in [0.15, 0.2) is 11.6 Å². The molecular weight excluding hydrogens is 252 g/mol. The number of halogens is 2. The molecule has 0 amide bonds. The van der Waals surface area contributed by atoms with Gasteiger partial charge in [0.1, 0.15) is 12.4 Å². The minimum Gasteiger partial charge on any atom is -0.496 e. The normalized spacial score (nSPS) is 10.3. The van der Waals surface area contributed by atoms with Crippen molar-refractivity contribution in [3.8, 4) is 11.5 Å². The Labute approximate surface area is 109 Å². The summed E-state index contributed by atoms with van der Waals surface area (Å²) in [5.41, 5.74) is 6.86. The van der Waals surface area contributed by atoms with Gasteiger partial charge < -0.3 is 15.2 Å². The number of benzene rings is 2. The lowest BCUT2D eigenvalue weighted by molar-refractivity contribution is 0.278. The van der Waals surface area contributed by atoms with Crippen LogP contribution in [0.15, 0.2) is 36.4 Å². The highest BCUT2D eigenvalue weighted by Gasteiger charge is 2.10. The molecule has 0 aliphatic carbocycles. The smallest absolute Gasteiger partial charge is 0.200 e. The van der Waals surface area contributed by atoms with E-state index in [2.05, 4.69) is 0 Å². The largest absolute Gasteiger partial charge is 0.496 e. The molecular formula is C14H13F2NO2. The lowest BCUT2D eigenvalue weighted by atomic mass is 10.2. The molecule has 0 bridgehead atoms. The summed E-state index contributed by atoms with van der Waals surface area (Å²) in [5, 5.41) is 0. The van der Waals surface area contributed by atoms with Crippen molar-refractivity contribution in [2.24, 2.45) is 0 Å². The number of nitrogen functional groups attached to an aromatic ring is 1. The van der Waals surface area contributed by atoms with Crippen LogP contribution in [0.5, 0.6) is 11.5 Å². The zero-order chi connectivity index (χ0) is 13.8. The van der Waals surface area contributed by atoms with Crippen molar-refractivity contribution in [1.82, 2.24) is 0 Å². The number of ether oxygens (including phenoxy) is 2. The van der Waals surface area contributed by atoms with Crippen molar-refractivity contribution in [3.05, 3.63) is 53.6 Å². The van der Waals surface area contributed by atoms with Gasteiger partial charge in [0, 0.05) is 11.3 Å². The van der Waals surface area contributed by atoms with E-state index in [0.717, 1.165) is 6.07 Å². The summed E-state index contributed by atoms with van der Waals surface area (Å²) >= 11 is 0. The van der Waals surface area contributed by atoms with Gasteiger partial charge in [-0.15, -0.1) is 0 Å². The van der Waals surface area contributed by atoms with Crippen LogP contribution in [0.3, 0.4) is 0 Å². The predicted molar refractivity (Wildman–Crippen MR) is 68.1 cm³/mol. The zero-order valence-electron chi connectivity index (χ0n) is 10.3. The van der Waals surface area contributed by atoms with E-state index in [1.165, 1.54) is 19.2 Å². The molecule has 2 N–H and O–H groups in total. The van der Waals surface area contributed by atoms with Crippen molar-refractivity contribution in [2.45, 2.75) is 6.61 Å². The highest BCUT2D eigenvalue weighted by atomic mass is 19.2. The highest BCUT2D eigenvalue weighted by Crippen LogP contribution is 2.25. The Kier molecular flexibility index (Phi) is 3.85. The molecule has 0 aliphatic rings. The number of hydrogen-bond donors (Lipinski definition) is 1. The van der Waals surface area contributed by atoms with E-state index >= 15 is 0 Å². The fourth-order valence-electron chi connectivity index (χ4n) is 1.66. The van der Waals surface area contributed by atoms with Crippen LogP contribution in [0.25, 0.3) is 0 Å². The molecule has 100 valence electrons. The van der Waals surface area contributed by atoms with E-state index in [4.69, 9.17) is 15.2 Å². The van der Waals surface area contributed by atoms with Gasteiger partial charge in [0.05, 0.1) is 7.11 Å². The molecule has 0 unspecified atom stereocenters. The van der Waals surface area contributed by atoms with Crippen LogP contribution < -0.4 is 15.2 Å². The molecule has 2 rings (SSSR count). The zero-order valence-corrected chi connectivity index (χ0v) is 10.3.